The third-order valence-electron chi connectivity index (χ3n) is 2.83. The fourth-order valence-corrected chi connectivity index (χ4v) is 1.97. The van der Waals surface area contributed by atoms with Crippen LogP contribution in [0, 0.1) is 0 Å². The van der Waals surface area contributed by atoms with E-state index in [0.29, 0.717) is 6.54 Å². The molecular weight excluding hydrogens is 188 g/mol. The van der Waals surface area contributed by atoms with Crippen molar-refractivity contribution in [2.45, 2.75) is 25.9 Å². The SMILES string of the molecule is CC(N)C(=O)N1CCc2ccccc2C1. The van der Waals surface area contributed by atoms with Crippen molar-refractivity contribution in [2.75, 3.05) is 6.54 Å². The molecule has 1 aliphatic rings. The first-order chi connectivity index (χ1) is 7.18. The lowest BCUT2D eigenvalue weighted by Crippen LogP contribution is -2.44. The number of carbonyl (C=O) groups excluding carboxylic acids is 1. The Kier molecular flexibility index (Phi) is 2.73. The van der Waals surface area contributed by atoms with Crippen LogP contribution in [0.5, 0.6) is 0 Å². The summed E-state index contributed by atoms with van der Waals surface area (Å²) < 4.78 is 0. The van der Waals surface area contributed by atoms with Gasteiger partial charge in [0.25, 0.3) is 0 Å². The topological polar surface area (TPSA) is 46.3 Å². The molecule has 1 aromatic carbocycles. The molecule has 1 aromatic rings. The maximum Gasteiger partial charge on any atom is 0.239 e. The fraction of sp³-hybridized carbons (Fsp3) is 0.417. The second-order valence-electron chi connectivity index (χ2n) is 4.07. The van der Waals surface area contributed by atoms with E-state index in [9.17, 15) is 4.79 Å². The van der Waals surface area contributed by atoms with Crippen LogP contribution in [0.25, 0.3) is 0 Å². The van der Waals surface area contributed by atoms with Crippen molar-refractivity contribution < 1.29 is 4.79 Å². The van der Waals surface area contributed by atoms with Crippen LogP contribution in [0.1, 0.15) is 18.1 Å². The van der Waals surface area contributed by atoms with E-state index in [1.165, 1.54) is 11.1 Å². The summed E-state index contributed by atoms with van der Waals surface area (Å²) in [5, 5.41) is 0. The van der Waals surface area contributed by atoms with Gasteiger partial charge in [-0.05, 0) is 24.5 Å². The van der Waals surface area contributed by atoms with Gasteiger partial charge in [0.1, 0.15) is 0 Å². The molecule has 1 aliphatic heterocycles. The van der Waals surface area contributed by atoms with Crippen molar-refractivity contribution in [3.63, 3.8) is 0 Å². The van der Waals surface area contributed by atoms with Gasteiger partial charge in [0.05, 0.1) is 6.04 Å². The fourth-order valence-electron chi connectivity index (χ4n) is 1.97. The van der Waals surface area contributed by atoms with Gasteiger partial charge in [0.15, 0.2) is 0 Å². The third kappa shape index (κ3) is 2.02. The third-order valence-corrected chi connectivity index (χ3v) is 2.83. The number of hydrogen-bond donors (Lipinski definition) is 1. The second kappa shape index (κ2) is 4.03. The Bertz CT molecular complexity index is 374. The molecule has 2 rings (SSSR count). The number of nitrogens with two attached hydrogens (primary N) is 1. The molecule has 0 radical (unpaired) electrons. The highest BCUT2D eigenvalue weighted by Crippen LogP contribution is 2.18. The number of amides is 1. The molecule has 3 nitrogen and oxygen atoms in total. The van der Waals surface area contributed by atoms with Crippen LogP contribution in [-0.4, -0.2) is 23.4 Å². The lowest BCUT2D eigenvalue weighted by molar-refractivity contribution is -0.133. The molecule has 0 fully saturated rings. The summed E-state index contributed by atoms with van der Waals surface area (Å²) in [6, 6.07) is 7.87. The normalized spacial score (nSPS) is 17.1. The summed E-state index contributed by atoms with van der Waals surface area (Å²) in [7, 11) is 0. The molecule has 1 atom stereocenters. The number of fused-ring (bicyclic) bond motifs is 1. The summed E-state index contributed by atoms with van der Waals surface area (Å²) in [5.74, 6) is 0.0458. The highest BCUT2D eigenvalue weighted by molar-refractivity contribution is 5.81. The Hall–Kier alpha value is -1.35. The van der Waals surface area contributed by atoms with Crippen molar-refractivity contribution in [1.82, 2.24) is 4.90 Å². The summed E-state index contributed by atoms with van der Waals surface area (Å²) >= 11 is 0. The van der Waals surface area contributed by atoms with E-state index in [-0.39, 0.29) is 5.91 Å². The molecule has 1 unspecified atom stereocenters. The van der Waals surface area contributed by atoms with Gasteiger partial charge in [0, 0.05) is 13.1 Å². The average Bonchev–Trinajstić information content (AvgIpc) is 2.27. The van der Waals surface area contributed by atoms with Gasteiger partial charge in [-0.2, -0.15) is 0 Å². The number of benzene rings is 1. The predicted molar refractivity (Wildman–Crippen MR) is 59.2 cm³/mol. The van der Waals surface area contributed by atoms with Crippen LogP contribution in [-0.2, 0) is 17.8 Å². The minimum atomic E-state index is -0.393. The molecule has 15 heavy (non-hydrogen) atoms. The summed E-state index contributed by atoms with van der Waals surface area (Å²) in [4.78, 5) is 13.5. The first kappa shape index (κ1) is 10.2. The largest absolute Gasteiger partial charge is 0.337 e. The molecule has 3 heteroatoms. The zero-order valence-electron chi connectivity index (χ0n) is 8.94. The van der Waals surface area contributed by atoms with Gasteiger partial charge in [-0.3, -0.25) is 4.79 Å². The minimum Gasteiger partial charge on any atom is -0.337 e. The predicted octanol–water partition coefficient (Wildman–Crippen LogP) is 0.918. The average molecular weight is 204 g/mol. The van der Waals surface area contributed by atoms with Crippen molar-refractivity contribution in [3.05, 3.63) is 35.4 Å². The van der Waals surface area contributed by atoms with Crippen LogP contribution >= 0.6 is 0 Å². The van der Waals surface area contributed by atoms with Gasteiger partial charge in [-0.15, -0.1) is 0 Å². The molecule has 1 heterocycles. The van der Waals surface area contributed by atoms with Gasteiger partial charge in [-0.25, -0.2) is 0 Å². The first-order valence-electron chi connectivity index (χ1n) is 5.29. The molecule has 80 valence electrons. The molecule has 1 amide bonds. The lowest BCUT2D eigenvalue weighted by atomic mass is 9.99. The van der Waals surface area contributed by atoms with Gasteiger partial charge >= 0.3 is 0 Å². The Morgan fingerprint density at radius 3 is 2.73 bits per heavy atom. The molecular formula is C12H16N2O. The zero-order valence-corrected chi connectivity index (χ0v) is 8.94. The number of carbonyl (C=O) groups is 1. The van der Waals surface area contributed by atoms with Crippen molar-refractivity contribution in [3.8, 4) is 0 Å². The highest BCUT2D eigenvalue weighted by Gasteiger charge is 2.22. The zero-order chi connectivity index (χ0) is 10.8. The Balaban J connectivity index is 2.15. The monoisotopic (exact) mass is 204 g/mol. The standard InChI is InChI=1S/C12H16N2O/c1-9(13)12(15)14-7-6-10-4-2-3-5-11(10)8-14/h2-5,9H,6-8,13H2,1H3. The van der Waals surface area contributed by atoms with E-state index in [2.05, 4.69) is 12.1 Å². The van der Waals surface area contributed by atoms with E-state index < -0.39 is 6.04 Å². The second-order valence-corrected chi connectivity index (χ2v) is 4.07. The molecule has 0 saturated carbocycles. The van der Waals surface area contributed by atoms with Crippen molar-refractivity contribution in [2.24, 2.45) is 5.73 Å². The van der Waals surface area contributed by atoms with Crippen LogP contribution in [0.2, 0.25) is 0 Å². The molecule has 0 spiro atoms. The summed E-state index contributed by atoms with van der Waals surface area (Å²) in [6.07, 6.45) is 0.939. The quantitative estimate of drug-likeness (QED) is 0.739. The maximum absolute atomic E-state index is 11.7. The summed E-state index contributed by atoms with van der Waals surface area (Å²) in [6.45, 7) is 3.23. The smallest absolute Gasteiger partial charge is 0.239 e. The molecule has 2 N–H and O–H groups in total. The van der Waals surface area contributed by atoms with E-state index >= 15 is 0 Å². The molecule has 0 saturated heterocycles. The van der Waals surface area contributed by atoms with E-state index in [4.69, 9.17) is 5.73 Å². The van der Waals surface area contributed by atoms with Crippen LogP contribution in [0.3, 0.4) is 0 Å². The van der Waals surface area contributed by atoms with Gasteiger partial charge in [-0.1, -0.05) is 24.3 Å². The van der Waals surface area contributed by atoms with E-state index in [0.717, 1.165) is 13.0 Å². The number of hydrogen-bond acceptors (Lipinski definition) is 2. The number of nitrogens with zero attached hydrogens (tertiary/aromatic N) is 1. The Labute approximate surface area is 89.9 Å². The first-order valence-corrected chi connectivity index (χ1v) is 5.29. The molecule has 0 bridgehead atoms. The minimum absolute atomic E-state index is 0.0458. The lowest BCUT2D eigenvalue weighted by Gasteiger charge is -2.30. The van der Waals surface area contributed by atoms with Crippen molar-refractivity contribution in [1.29, 1.82) is 0 Å². The van der Waals surface area contributed by atoms with E-state index in [1.54, 1.807) is 6.92 Å². The highest BCUT2D eigenvalue weighted by atomic mass is 16.2. The Morgan fingerprint density at radius 1 is 1.40 bits per heavy atom. The summed E-state index contributed by atoms with van der Waals surface area (Å²) in [5.41, 5.74) is 8.20. The van der Waals surface area contributed by atoms with Crippen LogP contribution < -0.4 is 5.73 Å². The van der Waals surface area contributed by atoms with Crippen molar-refractivity contribution >= 4 is 5.91 Å². The van der Waals surface area contributed by atoms with Crippen LogP contribution in [0.4, 0.5) is 0 Å². The Morgan fingerprint density at radius 2 is 2.07 bits per heavy atom. The molecule has 0 aliphatic carbocycles. The van der Waals surface area contributed by atoms with Crippen LogP contribution in [0.15, 0.2) is 24.3 Å². The number of rotatable bonds is 1. The van der Waals surface area contributed by atoms with Gasteiger partial charge in [0.2, 0.25) is 5.91 Å². The van der Waals surface area contributed by atoms with Gasteiger partial charge < -0.3 is 10.6 Å². The molecule has 0 aromatic heterocycles. The maximum atomic E-state index is 11.7. The van der Waals surface area contributed by atoms with E-state index in [1.807, 2.05) is 17.0 Å².